The van der Waals surface area contributed by atoms with E-state index >= 15 is 0 Å². The van der Waals surface area contributed by atoms with E-state index in [1.165, 1.54) is 11.8 Å². The summed E-state index contributed by atoms with van der Waals surface area (Å²) < 4.78 is 0. The summed E-state index contributed by atoms with van der Waals surface area (Å²) in [7, 11) is 0. The zero-order valence-corrected chi connectivity index (χ0v) is 10.6. The molecule has 0 aliphatic carbocycles. The van der Waals surface area contributed by atoms with E-state index in [-0.39, 0.29) is 18.1 Å². The maximum absolute atomic E-state index is 11.4. The van der Waals surface area contributed by atoms with Crippen LogP contribution >= 0.6 is 11.8 Å². The van der Waals surface area contributed by atoms with Crippen molar-refractivity contribution < 1.29 is 19.5 Å². The molecule has 17 heavy (non-hydrogen) atoms. The second kappa shape index (κ2) is 8.86. The topological polar surface area (TPSA) is 109 Å². The molecule has 7 heteroatoms. The quantitative estimate of drug-likeness (QED) is 0.505. The minimum atomic E-state index is -1.25. The average Bonchev–Trinajstić information content (AvgIpc) is 2.22. The Kier molecular flexibility index (Phi) is 8.21. The molecule has 0 spiro atoms. The van der Waals surface area contributed by atoms with Crippen molar-refractivity contribution in [3.63, 3.8) is 0 Å². The van der Waals surface area contributed by atoms with Crippen molar-refractivity contribution in [3.05, 3.63) is 0 Å². The molecule has 0 radical (unpaired) electrons. The van der Waals surface area contributed by atoms with Crippen LogP contribution in [0.15, 0.2) is 0 Å². The molecule has 0 saturated heterocycles. The van der Waals surface area contributed by atoms with Crippen molar-refractivity contribution in [2.45, 2.75) is 32.2 Å². The maximum Gasteiger partial charge on any atom is 0.326 e. The van der Waals surface area contributed by atoms with E-state index in [4.69, 9.17) is 10.8 Å². The summed E-state index contributed by atoms with van der Waals surface area (Å²) in [6.45, 7) is 2.05. The van der Waals surface area contributed by atoms with Gasteiger partial charge in [-0.2, -0.15) is 11.8 Å². The van der Waals surface area contributed by atoms with Crippen LogP contribution in [0.3, 0.4) is 0 Å². The van der Waals surface area contributed by atoms with Crippen molar-refractivity contribution >= 4 is 29.5 Å². The van der Waals surface area contributed by atoms with Gasteiger partial charge in [-0.15, -0.1) is 0 Å². The van der Waals surface area contributed by atoms with E-state index in [2.05, 4.69) is 5.32 Å². The Hall–Kier alpha value is -1.24. The van der Waals surface area contributed by atoms with Crippen molar-refractivity contribution in [1.29, 1.82) is 0 Å². The molecule has 6 nitrogen and oxygen atoms in total. The van der Waals surface area contributed by atoms with Crippen LogP contribution in [-0.2, 0) is 14.4 Å². The lowest BCUT2D eigenvalue weighted by molar-refractivity contribution is -0.143. The van der Waals surface area contributed by atoms with Crippen LogP contribution in [-0.4, -0.2) is 40.4 Å². The van der Waals surface area contributed by atoms with Gasteiger partial charge in [0.05, 0.1) is 12.2 Å². The number of thioether (sulfide) groups is 1. The molecule has 0 aliphatic heterocycles. The molecule has 4 N–H and O–H groups in total. The van der Waals surface area contributed by atoms with Crippen LogP contribution in [0.25, 0.3) is 0 Å². The molecule has 0 unspecified atom stereocenters. The van der Waals surface area contributed by atoms with Crippen molar-refractivity contribution in [3.8, 4) is 0 Å². The van der Waals surface area contributed by atoms with Crippen LogP contribution in [0.1, 0.15) is 26.2 Å². The molecule has 0 aromatic carbocycles. The molecule has 98 valence electrons. The Morgan fingerprint density at radius 3 is 2.53 bits per heavy atom. The van der Waals surface area contributed by atoms with Gasteiger partial charge in [0, 0.05) is 0 Å². The third kappa shape index (κ3) is 8.56. The summed E-state index contributed by atoms with van der Waals surface area (Å²) in [5.41, 5.74) is 4.89. The van der Waals surface area contributed by atoms with Crippen LogP contribution in [0.5, 0.6) is 0 Å². The number of carboxylic acids is 1. The minimum Gasteiger partial charge on any atom is -0.480 e. The first-order chi connectivity index (χ1) is 7.97. The second-order valence-electron chi connectivity index (χ2n) is 3.53. The zero-order valence-electron chi connectivity index (χ0n) is 9.77. The number of unbranched alkanes of at least 4 members (excludes halogenated alkanes) is 1. The number of hydrogen-bond donors (Lipinski definition) is 3. The predicted molar refractivity (Wildman–Crippen MR) is 65.6 cm³/mol. The highest BCUT2D eigenvalue weighted by atomic mass is 32.2. The Bertz CT molecular complexity index is 283. The lowest BCUT2D eigenvalue weighted by Gasteiger charge is -2.12. The highest BCUT2D eigenvalue weighted by Gasteiger charge is 2.21. The molecule has 2 amide bonds. The van der Waals surface area contributed by atoms with Gasteiger partial charge < -0.3 is 16.2 Å². The van der Waals surface area contributed by atoms with E-state index in [0.717, 1.165) is 18.6 Å². The largest absolute Gasteiger partial charge is 0.480 e. The lowest BCUT2D eigenvalue weighted by atomic mass is 10.2. The first-order valence-electron chi connectivity index (χ1n) is 5.35. The molecule has 1 atom stereocenters. The third-order valence-electron chi connectivity index (χ3n) is 1.91. The Morgan fingerprint density at radius 2 is 2.06 bits per heavy atom. The molecule has 0 fully saturated rings. The number of primary amides is 1. The minimum absolute atomic E-state index is 0.197. The summed E-state index contributed by atoms with van der Waals surface area (Å²) >= 11 is 1.44. The van der Waals surface area contributed by atoms with E-state index in [1.54, 1.807) is 0 Å². The van der Waals surface area contributed by atoms with E-state index < -0.39 is 17.9 Å². The highest BCUT2D eigenvalue weighted by Crippen LogP contribution is 2.04. The number of rotatable bonds is 9. The smallest absolute Gasteiger partial charge is 0.326 e. The van der Waals surface area contributed by atoms with Crippen molar-refractivity contribution in [2.24, 2.45) is 5.73 Å². The van der Waals surface area contributed by atoms with Gasteiger partial charge in [0.1, 0.15) is 6.04 Å². The molecule has 0 aromatic rings. The molecule has 0 saturated carbocycles. The van der Waals surface area contributed by atoms with Crippen LogP contribution < -0.4 is 11.1 Å². The molecule has 0 heterocycles. The number of hydrogen-bond acceptors (Lipinski definition) is 4. The second-order valence-corrected chi connectivity index (χ2v) is 4.64. The number of nitrogens with one attached hydrogen (secondary N) is 1. The van der Waals surface area contributed by atoms with Gasteiger partial charge in [-0.3, -0.25) is 9.59 Å². The van der Waals surface area contributed by atoms with Crippen LogP contribution in [0.2, 0.25) is 0 Å². The Morgan fingerprint density at radius 1 is 1.41 bits per heavy atom. The predicted octanol–water partition coefficient (Wildman–Crippen LogP) is -0.0355. The number of nitrogens with two attached hydrogens (primary N) is 1. The van der Waals surface area contributed by atoms with Gasteiger partial charge >= 0.3 is 5.97 Å². The van der Waals surface area contributed by atoms with E-state index in [1.807, 2.05) is 6.92 Å². The van der Waals surface area contributed by atoms with E-state index in [9.17, 15) is 14.4 Å². The Labute approximate surface area is 104 Å². The number of carbonyl (C=O) groups excluding carboxylic acids is 2. The zero-order chi connectivity index (χ0) is 13.3. The summed E-state index contributed by atoms with van der Waals surface area (Å²) in [6, 6.07) is -1.23. The molecular formula is C10H18N2O4S. The average molecular weight is 262 g/mol. The van der Waals surface area contributed by atoms with Gasteiger partial charge in [0.25, 0.3) is 0 Å². The summed E-state index contributed by atoms with van der Waals surface area (Å²) in [5.74, 6) is -1.34. The standard InChI is InChI=1S/C10H18N2O4S/c1-2-3-4-17-6-9(14)12-7(10(15)16)5-8(11)13/h7H,2-6H2,1H3,(H2,11,13)(H,12,14)(H,15,16)/t7-/m1/s1. The monoisotopic (exact) mass is 262 g/mol. The summed E-state index contributed by atoms with van der Waals surface area (Å²) in [6.07, 6.45) is 1.68. The lowest BCUT2D eigenvalue weighted by Crippen LogP contribution is -2.44. The van der Waals surface area contributed by atoms with Crippen molar-refractivity contribution in [1.82, 2.24) is 5.32 Å². The Balaban J connectivity index is 3.96. The number of aliphatic carboxylic acids is 1. The first-order valence-corrected chi connectivity index (χ1v) is 6.51. The fraction of sp³-hybridized carbons (Fsp3) is 0.700. The summed E-state index contributed by atoms with van der Waals surface area (Å²) in [5, 5.41) is 11.0. The fourth-order valence-corrected chi connectivity index (χ4v) is 1.95. The third-order valence-corrected chi connectivity index (χ3v) is 2.96. The number of carboxylic acid groups (broad SMARTS) is 1. The van der Waals surface area contributed by atoms with Gasteiger partial charge in [0.2, 0.25) is 11.8 Å². The molecule has 0 bridgehead atoms. The SMILES string of the molecule is CCCCSCC(=O)N[C@H](CC(N)=O)C(=O)O. The van der Waals surface area contributed by atoms with Gasteiger partial charge in [0.15, 0.2) is 0 Å². The van der Waals surface area contributed by atoms with Crippen molar-refractivity contribution in [2.75, 3.05) is 11.5 Å². The number of carbonyl (C=O) groups is 3. The molecule has 0 aromatic heterocycles. The van der Waals surface area contributed by atoms with Gasteiger partial charge in [-0.05, 0) is 12.2 Å². The molecule has 0 rings (SSSR count). The van der Waals surface area contributed by atoms with Crippen LogP contribution in [0.4, 0.5) is 0 Å². The first kappa shape index (κ1) is 15.8. The normalized spacial score (nSPS) is 11.8. The van der Waals surface area contributed by atoms with Gasteiger partial charge in [-0.25, -0.2) is 4.79 Å². The molecular weight excluding hydrogens is 244 g/mol. The maximum atomic E-state index is 11.4. The van der Waals surface area contributed by atoms with E-state index in [0.29, 0.717) is 0 Å². The highest BCUT2D eigenvalue weighted by molar-refractivity contribution is 7.99. The summed E-state index contributed by atoms with van der Waals surface area (Å²) in [4.78, 5) is 32.7. The number of amides is 2. The fourth-order valence-electron chi connectivity index (χ4n) is 1.05. The molecule has 0 aliphatic rings. The van der Waals surface area contributed by atoms with Crippen LogP contribution in [0, 0.1) is 0 Å². The van der Waals surface area contributed by atoms with Gasteiger partial charge in [-0.1, -0.05) is 13.3 Å².